The minimum Gasteiger partial charge on any atom is -0.426 e. The van der Waals surface area contributed by atoms with Gasteiger partial charge in [-0.05, 0) is 23.7 Å². The molecule has 0 N–H and O–H groups in total. The van der Waals surface area contributed by atoms with Crippen molar-refractivity contribution in [3.8, 4) is 5.75 Å². The molecule has 0 fully saturated rings. The second-order valence-corrected chi connectivity index (χ2v) is 3.35. The minimum atomic E-state index is -0.748. The Kier molecular flexibility index (Phi) is 3.75. The molecule has 0 saturated heterocycles. The van der Waals surface area contributed by atoms with Crippen LogP contribution in [0.15, 0.2) is 12.1 Å². The van der Waals surface area contributed by atoms with Gasteiger partial charge in [-0.1, -0.05) is 23.2 Å². The zero-order valence-corrected chi connectivity index (χ0v) is 8.86. The van der Waals surface area contributed by atoms with Gasteiger partial charge in [-0.3, -0.25) is 9.59 Å². The molecule has 0 amide bonds. The number of carbonyl (C=O) groups is 2. The average molecular weight is 253 g/mol. The fourth-order valence-corrected chi connectivity index (χ4v) is 1.59. The Morgan fingerprint density at radius 1 is 1.36 bits per heavy atom. The third-order valence-corrected chi connectivity index (χ3v) is 2.30. The SMILES string of the molecule is O=COc1c(Cl)ccc(C(=O)Cl)c1Cl. The average Bonchev–Trinajstić information content (AvgIpc) is 2.11. The summed E-state index contributed by atoms with van der Waals surface area (Å²) in [7, 11) is 0. The molecule has 1 aromatic rings. The van der Waals surface area contributed by atoms with Gasteiger partial charge in [0, 0.05) is 0 Å². The Balaban J connectivity index is 3.32. The number of carbonyl (C=O) groups excluding carboxylic acids is 2. The largest absolute Gasteiger partial charge is 0.426 e. The van der Waals surface area contributed by atoms with Gasteiger partial charge in [-0.25, -0.2) is 0 Å². The summed E-state index contributed by atoms with van der Waals surface area (Å²) in [5, 5.41) is -0.698. The van der Waals surface area contributed by atoms with Crippen molar-refractivity contribution in [3.05, 3.63) is 27.7 Å². The van der Waals surface area contributed by atoms with Crippen LogP contribution >= 0.6 is 34.8 Å². The minimum absolute atomic E-state index is 0.0367. The molecule has 0 heterocycles. The number of benzene rings is 1. The lowest BCUT2D eigenvalue weighted by atomic mass is 10.2. The maximum absolute atomic E-state index is 10.8. The summed E-state index contributed by atoms with van der Waals surface area (Å²) in [6.07, 6.45) is 0. The molecular weight excluding hydrogens is 250 g/mol. The first-order valence-corrected chi connectivity index (χ1v) is 4.49. The van der Waals surface area contributed by atoms with Gasteiger partial charge in [0.25, 0.3) is 11.7 Å². The van der Waals surface area contributed by atoms with Crippen molar-refractivity contribution in [2.24, 2.45) is 0 Å². The van der Waals surface area contributed by atoms with E-state index in [0.29, 0.717) is 0 Å². The van der Waals surface area contributed by atoms with E-state index in [4.69, 9.17) is 34.8 Å². The highest BCUT2D eigenvalue weighted by Crippen LogP contribution is 2.35. The summed E-state index contributed by atoms with van der Waals surface area (Å²) >= 11 is 16.6. The summed E-state index contributed by atoms with van der Waals surface area (Å²) < 4.78 is 4.50. The Labute approximate surface area is 94.5 Å². The molecule has 0 atom stereocenters. The molecule has 0 unspecified atom stereocenters. The molecule has 0 aliphatic heterocycles. The van der Waals surface area contributed by atoms with Gasteiger partial charge in [0.1, 0.15) is 0 Å². The maximum atomic E-state index is 10.8. The van der Waals surface area contributed by atoms with E-state index in [-0.39, 0.29) is 27.8 Å². The van der Waals surface area contributed by atoms with Crippen LogP contribution < -0.4 is 4.74 Å². The van der Waals surface area contributed by atoms with Gasteiger partial charge in [0.2, 0.25) is 0 Å². The summed E-state index contributed by atoms with van der Waals surface area (Å²) in [5.74, 6) is -0.0742. The van der Waals surface area contributed by atoms with E-state index in [1.54, 1.807) is 0 Å². The van der Waals surface area contributed by atoms with Crippen LogP contribution in [0.25, 0.3) is 0 Å². The van der Waals surface area contributed by atoms with E-state index in [2.05, 4.69) is 4.74 Å². The molecule has 0 bridgehead atoms. The van der Waals surface area contributed by atoms with Gasteiger partial charge in [-0.15, -0.1) is 0 Å². The van der Waals surface area contributed by atoms with Crippen molar-refractivity contribution >= 4 is 46.5 Å². The van der Waals surface area contributed by atoms with Crippen molar-refractivity contribution in [3.63, 3.8) is 0 Å². The number of ether oxygens (including phenoxy) is 1. The first-order chi connectivity index (χ1) is 6.57. The second kappa shape index (κ2) is 4.64. The molecule has 3 nitrogen and oxygen atoms in total. The van der Waals surface area contributed by atoms with Crippen LogP contribution in [-0.4, -0.2) is 11.7 Å². The topological polar surface area (TPSA) is 43.4 Å². The first kappa shape index (κ1) is 11.3. The van der Waals surface area contributed by atoms with Crippen molar-refractivity contribution in [2.75, 3.05) is 0 Å². The Morgan fingerprint density at radius 3 is 2.50 bits per heavy atom. The van der Waals surface area contributed by atoms with Crippen LogP contribution in [-0.2, 0) is 4.79 Å². The van der Waals surface area contributed by atoms with Crippen LogP contribution in [0.5, 0.6) is 5.75 Å². The first-order valence-electron chi connectivity index (χ1n) is 3.36. The summed E-state index contributed by atoms with van der Waals surface area (Å²) in [4.78, 5) is 20.9. The molecule has 0 radical (unpaired) electrons. The third-order valence-electron chi connectivity index (χ3n) is 1.43. The van der Waals surface area contributed by atoms with Crippen molar-refractivity contribution < 1.29 is 14.3 Å². The normalized spacial score (nSPS) is 9.64. The quantitative estimate of drug-likeness (QED) is 0.614. The van der Waals surface area contributed by atoms with E-state index in [1.807, 2.05) is 0 Å². The predicted octanol–water partition coefficient (Wildman–Crippen LogP) is 2.91. The molecule has 0 aliphatic carbocycles. The highest BCUT2D eigenvalue weighted by Gasteiger charge is 2.15. The molecule has 0 saturated carbocycles. The van der Waals surface area contributed by atoms with Gasteiger partial charge in [0.05, 0.1) is 15.6 Å². The van der Waals surface area contributed by atoms with E-state index >= 15 is 0 Å². The Bertz CT molecular complexity index is 390. The van der Waals surface area contributed by atoms with Crippen LogP contribution in [0, 0.1) is 0 Å². The lowest BCUT2D eigenvalue weighted by molar-refractivity contribution is -0.120. The lowest BCUT2D eigenvalue weighted by Gasteiger charge is -2.05. The number of hydrogen-bond donors (Lipinski definition) is 0. The van der Waals surface area contributed by atoms with E-state index in [1.165, 1.54) is 12.1 Å². The molecule has 14 heavy (non-hydrogen) atoms. The standard InChI is InChI=1S/C8H3Cl3O3/c9-5-2-1-4(8(11)13)6(10)7(5)14-3-12/h1-3H. The Morgan fingerprint density at radius 2 is 2.00 bits per heavy atom. The molecule has 1 aromatic carbocycles. The summed E-state index contributed by atoms with van der Waals surface area (Å²) in [6.45, 7) is 0.162. The molecular formula is C8H3Cl3O3. The Hall–Kier alpha value is -0.770. The number of hydrogen-bond acceptors (Lipinski definition) is 3. The van der Waals surface area contributed by atoms with Crippen LogP contribution in [0.3, 0.4) is 0 Å². The lowest BCUT2D eigenvalue weighted by Crippen LogP contribution is -1.96. The molecule has 0 aromatic heterocycles. The maximum Gasteiger partial charge on any atom is 0.298 e. The van der Waals surface area contributed by atoms with Gasteiger partial charge in [-0.2, -0.15) is 0 Å². The molecule has 0 spiro atoms. The van der Waals surface area contributed by atoms with Crippen molar-refractivity contribution in [1.82, 2.24) is 0 Å². The third kappa shape index (κ3) is 2.18. The number of rotatable bonds is 3. The van der Waals surface area contributed by atoms with Crippen LogP contribution in [0.2, 0.25) is 10.0 Å². The molecule has 0 aliphatic rings. The van der Waals surface area contributed by atoms with Gasteiger partial charge >= 0.3 is 0 Å². The van der Waals surface area contributed by atoms with E-state index in [9.17, 15) is 9.59 Å². The predicted molar refractivity (Wildman–Crippen MR) is 53.3 cm³/mol. The highest BCUT2D eigenvalue weighted by molar-refractivity contribution is 6.69. The van der Waals surface area contributed by atoms with E-state index < -0.39 is 5.24 Å². The second-order valence-electron chi connectivity index (χ2n) is 2.23. The molecule has 6 heteroatoms. The molecule has 1 rings (SSSR count). The summed E-state index contributed by atoms with van der Waals surface area (Å²) in [5.41, 5.74) is 0.0367. The zero-order chi connectivity index (χ0) is 10.7. The van der Waals surface area contributed by atoms with E-state index in [0.717, 1.165) is 0 Å². The smallest absolute Gasteiger partial charge is 0.298 e. The van der Waals surface area contributed by atoms with Crippen molar-refractivity contribution in [2.45, 2.75) is 0 Å². The fourth-order valence-electron chi connectivity index (χ4n) is 0.840. The zero-order valence-electron chi connectivity index (χ0n) is 6.59. The fraction of sp³-hybridized carbons (Fsp3) is 0. The molecule has 74 valence electrons. The van der Waals surface area contributed by atoms with Gasteiger partial charge < -0.3 is 4.74 Å². The van der Waals surface area contributed by atoms with Gasteiger partial charge in [0.15, 0.2) is 5.75 Å². The monoisotopic (exact) mass is 252 g/mol. The van der Waals surface area contributed by atoms with Crippen LogP contribution in [0.1, 0.15) is 10.4 Å². The summed E-state index contributed by atoms with van der Waals surface area (Å²) in [6, 6.07) is 2.71. The highest BCUT2D eigenvalue weighted by atomic mass is 35.5. The van der Waals surface area contributed by atoms with Crippen LogP contribution in [0.4, 0.5) is 0 Å². The van der Waals surface area contributed by atoms with Crippen molar-refractivity contribution in [1.29, 1.82) is 0 Å². The number of halogens is 3.